The number of methoxy groups -OCH3 is 1. The molecule has 0 saturated carbocycles. The Morgan fingerprint density at radius 3 is 2.28 bits per heavy atom. The van der Waals surface area contributed by atoms with Gasteiger partial charge in [0.2, 0.25) is 11.8 Å². The highest BCUT2D eigenvalue weighted by atomic mass is 16.5. The Hall–Kier alpha value is -2.82. The lowest BCUT2D eigenvalue weighted by atomic mass is 9.90. The first-order valence-electron chi connectivity index (χ1n) is 8.13. The van der Waals surface area contributed by atoms with Crippen LogP contribution in [-0.4, -0.2) is 18.9 Å². The Balaban J connectivity index is 2.01. The molecule has 0 fully saturated rings. The quantitative estimate of drug-likeness (QED) is 0.793. The number of nitrogens with one attached hydrogen (secondary N) is 2. The van der Waals surface area contributed by atoms with Gasteiger partial charge < -0.3 is 15.4 Å². The molecule has 0 heterocycles. The maximum Gasteiger partial charge on any atom is 0.239 e. The molecule has 0 aliphatic heterocycles. The molecule has 0 aliphatic rings. The summed E-state index contributed by atoms with van der Waals surface area (Å²) in [7, 11) is 1.58. The molecule has 5 nitrogen and oxygen atoms in total. The van der Waals surface area contributed by atoms with Crippen LogP contribution < -0.4 is 15.4 Å². The molecule has 0 aliphatic carbocycles. The van der Waals surface area contributed by atoms with Crippen molar-refractivity contribution in [2.75, 3.05) is 12.4 Å². The largest absolute Gasteiger partial charge is 0.496 e. The van der Waals surface area contributed by atoms with Crippen molar-refractivity contribution in [3.8, 4) is 5.75 Å². The second-order valence-electron chi connectivity index (χ2n) is 6.44. The Morgan fingerprint density at radius 2 is 1.64 bits per heavy atom. The van der Waals surface area contributed by atoms with Crippen molar-refractivity contribution in [1.82, 2.24) is 5.32 Å². The lowest BCUT2D eigenvalue weighted by Gasteiger charge is -2.23. The summed E-state index contributed by atoms with van der Waals surface area (Å²) in [5, 5.41) is 5.60. The van der Waals surface area contributed by atoms with Crippen LogP contribution in [0.5, 0.6) is 5.75 Å². The van der Waals surface area contributed by atoms with Gasteiger partial charge in [-0.1, -0.05) is 35.9 Å². The van der Waals surface area contributed by atoms with E-state index in [1.54, 1.807) is 21.0 Å². The molecular formula is C20H24N2O3. The van der Waals surface area contributed by atoms with Crippen molar-refractivity contribution in [1.29, 1.82) is 0 Å². The number of carbonyl (C=O) groups excluding carboxylic acids is 2. The molecule has 25 heavy (non-hydrogen) atoms. The molecule has 5 heteroatoms. The van der Waals surface area contributed by atoms with Crippen LogP contribution in [0.15, 0.2) is 48.5 Å². The second kappa shape index (κ2) is 7.83. The Kier molecular flexibility index (Phi) is 5.80. The van der Waals surface area contributed by atoms with E-state index >= 15 is 0 Å². The van der Waals surface area contributed by atoms with E-state index in [2.05, 4.69) is 10.6 Å². The number of carbonyl (C=O) groups is 2. The third-order valence-corrected chi connectivity index (χ3v) is 4.08. The lowest BCUT2D eigenvalue weighted by molar-refractivity contribution is -0.138. The van der Waals surface area contributed by atoms with E-state index in [1.165, 1.54) is 0 Å². The summed E-state index contributed by atoms with van der Waals surface area (Å²) in [4.78, 5) is 25.0. The van der Waals surface area contributed by atoms with Gasteiger partial charge in [0, 0.05) is 17.8 Å². The highest BCUT2D eigenvalue weighted by molar-refractivity contribution is 6.09. The summed E-state index contributed by atoms with van der Waals surface area (Å²) in [6.45, 7) is 5.48. The third-order valence-electron chi connectivity index (χ3n) is 4.08. The van der Waals surface area contributed by atoms with Crippen molar-refractivity contribution in [2.45, 2.75) is 27.3 Å². The number of hydrogen-bond donors (Lipinski definition) is 2. The van der Waals surface area contributed by atoms with Gasteiger partial charge in [0.15, 0.2) is 0 Å². The van der Waals surface area contributed by atoms with Crippen molar-refractivity contribution in [2.24, 2.45) is 5.41 Å². The Morgan fingerprint density at radius 1 is 1.00 bits per heavy atom. The molecule has 0 spiro atoms. The van der Waals surface area contributed by atoms with Gasteiger partial charge in [-0.2, -0.15) is 0 Å². The number of ether oxygens (including phenoxy) is 1. The fourth-order valence-corrected chi connectivity index (χ4v) is 2.27. The van der Waals surface area contributed by atoms with E-state index in [-0.39, 0.29) is 11.8 Å². The standard InChI is InChI=1S/C20H24N2O3/c1-14-9-11-16(12-10-14)22-19(24)20(2,3)18(23)21-13-15-7-5-6-8-17(15)25-4/h5-12H,13H2,1-4H3,(H,21,23)(H,22,24). The molecule has 2 N–H and O–H groups in total. The molecule has 2 amide bonds. The second-order valence-corrected chi connectivity index (χ2v) is 6.44. The zero-order valence-electron chi connectivity index (χ0n) is 15.1. The highest BCUT2D eigenvalue weighted by Gasteiger charge is 2.36. The number of rotatable bonds is 6. The summed E-state index contributed by atoms with van der Waals surface area (Å²) in [5.74, 6) is 0.00149. The van der Waals surface area contributed by atoms with E-state index < -0.39 is 5.41 Å². The van der Waals surface area contributed by atoms with Crippen LogP contribution in [-0.2, 0) is 16.1 Å². The molecule has 2 rings (SSSR count). The van der Waals surface area contributed by atoms with E-state index in [4.69, 9.17) is 4.74 Å². The maximum absolute atomic E-state index is 12.5. The smallest absolute Gasteiger partial charge is 0.239 e. The molecule has 0 radical (unpaired) electrons. The molecule has 0 saturated heterocycles. The predicted octanol–water partition coefficient (Wildman–Crippen LogP) is 3.28. The summed E-state index contributed by atoms with van der Waals surface area (Å²) in [6.07, 6.45) is 0. The Labute approximate surface area is 148 Å². The van der Waals surface area contributed by atoms with E-state index in [9.17, 15) is 9.59 Å². The van der Waals surface area contributed by atoms with Crippen LogP contribution in [0.4, 0.5) is 5.69 Å². The summed E-state index contributed by atoms with van der Waals surface area (Å²) >= 11 is 0. The van der Waals surface area contributed by atoms with E-state index in [0.717, 1.165) is 11.1 Å². The van der Waals surface area contributed by atoms with Gasteiger partial charge in [-0.25, -0.2) is 0 Å². The summed E-state index contributed by atoms with van der Waals surface area (Å²) < 4.78 is 5.27. The summed E-state index contributed by atoms with van der Waals surface area (Å²) in [5.41, 5.74) is 1.42. The molecule has 0 atom stereocenters. The van der Waals surface area contributed by atoms with Gasteiger partial charge in [-0.05, 0) is 39.0 Å². The minimum Gasteiger partial charge on any atom is -0.496 e. The number of amides is 2. The molecule has 132 valence electrons. The van der Waals surface area contributed by atoms with Crippen molar-refractivity contribution >= 4 is 17.5 Å². The van der Waals surface area contributed by atoms with Gasteiger partial charge in [0.05, 0.1) is 7.11 Å². The van der Waals surface area contributed by atoms with Crippen LogP contribution in [0.2, 0.25) is 0 Å². The zero-order valence-corrected chi connectivity index (χ0v) is 15.1. The normalized spacial score (nSPS) is 10.9. The van der Waals surface area contributed by atoms with Crippen LogP contribution >= 0.6 is 0 Å². The van der Waals surface area contributed by atoms with Crippen LogP contribution in [0.3, 0.4) is 0 Å². The molecule has 0 unspecified atom stereocenters. The fraction of sp³-hybridized carbons (Fsp3) is 0.300. The van der Waals surface area contributed by atoms with Crippen molar-refractivity contribution in [3.63, 3.8) is 0 Å². The van der Waals surface area contributed by atoms with E-state index in [0.29, 0.717) is 18.0 Å². The molecule has 2 aromatic carbocycles. The molecule has 0 aromatic heterocycles. The first-order valence-corrected chi connectivity index (χ1v) is 8.13. The first kappa shape index (κ1) is 18.5. The monoisotopic (exact) mass is 340 g/mol. The number of benzene rings is 2. The SMILES string of the molecule is COc1ccccc1CNC(=O)C(C)(C)C(=O)Nc1ccc(C)cc1. The topological polar surface area (TPSA) is 67.4 Å². The van der Waals surface area contributed by atoms with Crippen LogP contribution in [0.25, 0.3) is 0 Å². The average Bonchev–Trinajstić information content (AvgIpc) is 2.61. The van der Waals surface area contributed by atoms with Crippen molar-refractivity contribution < 1.29 is 14.3 Å². The van der Waals surface area contributed by atoms with Crippen molar-refractivity contribution in [3.05, 3.63) is 59.7 Å². The lowest BCUT2D eigenvalue weighted by Crippen LogP contribution is -2.44. The van der Waals surface area contributed by atoms with Gasteiger partial charge in [0.1, 0.15) is 11.2 Å². The first-order chi connectivity index (χ1) is 11.8. The summed E-state index contributed by atoms with van der Waals surface area (Å²) in [6, 6.07) is 14.9. The van der Waals surface area contributed by atoms with E-state index in [1.807, 2.05) is 55.5 Å². The number of hydrogen-bond acceptors (Lipinski definition) is 3. The zero-order chi connectivity index (χ0) is 18.4. The minimum atomic E-state index is -1.20. The number of anilines is 1. The van der Waals surface area contributed by atoms with Gasteiger partial charge in [-0.15, -0.1) is 0 Å². The predicted molar refractivity (Wildman–Crippen MR) is 98.4 cm³/mol. The van der Waals surface area contributed by atoms with Crippen LogP contribution in [0, 0.1) is 12.3 Å². The average molecular weight is 340 g/mol. The number of aryl methyl sites for hydroxylation is 1. The molecule has 0 bridgehead atoms. The molecular weight excluding hydrogens is 316 g/mol. The van der Waals surface area contributed by atoms with Crippen LogP contribution in [0.1, 0.15) is 25.0 Å². The minimum absolute atomic E-state index is 0.296. The third kappa shape index (κ3) is 4.59. The van der Waals surface area contributed by atoms with Gasteiger partial charge >= 0.3 is 0 Å². The molecule has 2 aromatic rings. The maximum atomic E-state index is 12.5. The Bertz CT molecular complexity index is 752. The number of para-hydroxylation sites is 1. The van der Waals surface area contributed by atoms with Gasteiger partial charge in [-0.3, -0.25) is 9.59 Å². The highest BCUT2D eigenvalue weighted by Crippen LogP contribution is 2.21. The fourth-order valence-electron chi connectivity index (χ4n) is 2.27. The van der Waals surface area contributed by atoms with Gasteiger partial charge in [0.25, 0.3) is 0 Å².